The van der Waals surface area contributed by atoms with Gasteiger partial charge in [0.15, 0.2) is 0 Å². The predicted octanol–water partition coefficient (Wildman–Crippen LogP) is 1.87. The molecule has 0 fully saturated rings. The van der Waals surface area contributed by atoms with Crippen LogP contribution in [0.15, 0.2) is 24.3 Å². The number of nitrogen functional groups attached to an aromatic ring is 1. The molecule has 5 nitrogen and oxygen atoms in total. The monoisotopic (exact) mass is 265 g/mol. The van der Waals surface area contributed by atoms with Crippen LogP contribution in [0.3, 0.4) is 0 Å². The summed E-state index contributed by atoms with van der Waals surface area (Å²) in [5.74, 6) is -1.50. The molecular weight excluding hydrogens is 246 g/mol. The molecule has 0 spiro atoms. The van der Waals surface area contributed by atoms with Crippen molar-refractivity contribution >= 4 is 17.6 Å². The Morgan fingerprint density at radius 3 is 2.21 bits per heavy atom. The molecule has 104 valence electrons. The van der Waals surface area contributed by atoms with Crippen molar-refractivity contribution in [1.82, 2.24) is 0 Å². The van der Waals surface area contributed by atoms with Gasteiger partial charge in [-0.25, -0.2) is 0 Å². The molecule has 1 atom stereocenters. The smallest absolute Gasteiger partial charge is 0.313 e. The molecule has 2 N–H and O–H groups in total. The Labute approximate surface area is 112 Å². The number of benzene rings is 1. The highest BCUT2D eigenvalue weighted by Crippen LogP contribution is 2.23. The fourth-order valence-electron chi connectivity index (χ4n) is 1.70. The fraction of sp³-hybridized carbons (Fsp3) is 0.429. The SMILES string of the molecule is CCOC(=O)CC(C(=O)OCC)c1ccc(N)cc1. The lowest BCUT2D eigenvalue weighted by Crippen LogP contribution is -2.20. The lowest BCUT2D eigenvalue weighted by Gasteiger charge is -2.15. The highest BCUT2D eigenvalue weighted by Gasteiger charge is 2.25. The van der Waals surface area contributed by atoms with E-state index < -0.39 is 17.9 Å². The Morgan fingerprint density at radius 2 is 1.68 bits per heavy atom. The molecular formula is C14H19NO4. The van der Waals surface area contributed by atoms with Gasteiger partial charge < -0.3 is 15.2 Å². The summed E-state index contributed by atoms with van der Waals surface area (Å²) in [5, 5.41) is 0. The van der Waals surface area contributed by atoms with Gasteiger partial charge >= 0.3 is 11.9 Å². The largest absolute Gasteiger partial charge is 0.466 e. The molecule has 0 aliphatic carbocycles. The summed E-state index contributed by atoms with van der Waals surface area (Å²) in [4.78, 5) is 23.5. The van der Waals surface area contributed by atoms with E-state index >= 15 is 0 Å². The third-order valence-electron chi connectivity index (χ3n) is 2.59. The molecule has 5 heteroatoms. The van der Waals surface area contributed by atoms with Gasteiger partial charge in [0, 0.05) is 5.69 Å². The van der Waals surface area contributed by atoms with E-state index in [1.54, 1.807) is 38.1 Å². The van der Waals surface area contributed by atoms with E-state index in [0.29, 0.717) is 11.3 Å². The van der Waals surface area contributed by atoms with E-state index in [0.717, 1.165) is 0 Å². The van der Waals surface area contributed by atoms with Crippen LogP contribution >= 0.6 is 0 Å². The van der Waals surface area contributed by atoms with E-state index in [4.69, 9.17) is 15.2 Å². The lowest BCUT2D eigenvalue weighted by molar-refractivity contribution is -0.151. The zero-order valence-electron chi connectivity index (χ0n) is 11.2. The molecule has 0 saturated carbocycles. The first kappa shape index (κ1) is 15.0. The topological polar surface area (TPSA) is 78.6 Å². The van der Waals surface area contributed by atoms with Crippen LogP contribution in [0.1, 0.15) is 31.7 Å². The Bertz CT molecular complexity index is 428. The highest BCUT2D eigenvalue weighted by atomic mass is 16.5. The van der Waals surface area contributed by atoms with Crippen LogP contribution in [-0.4, -0.2) is 25.2 Å². The minimum atomic E-state index is -0.653. The van der Waals surface area contributed by atoms with Gasteiger partial charge in [-0.05, 0) is 31.5 Å². The van der Waals surface area contributed by atoms with Crippen LogP contribution in [0.25, 0.3) is 0 Å². The van der Waals surface area contributed by atoms with Crippen LogP contribution in [0.2, 0.25) is 0 Å². The van der Waals surface area contributed by atoms with Gasteiger partial charge in [0.1, 0.15) is 0 Å². The number of hydrogen-bond donors (Lipinski definition) is 1. The Kier molecular flexibility index (Phi) is 5.85. The quantitative estimate of drug-likeness (QED) is 0.627. The van der Waals surface area contributed by atoms with Crippen LogP contribution in [0, 0.1) is 0 Å². The molecule has 0 amide bonds. The van der Waals surface area contributed by atoms with Crippen molar-refractivity contribution in [2.24, 2.45) is 0 Å². The van der Waals surface area contributed by atoms with Crippen LogP contribution in [0.5, 0.6) is 0 Å². The average molecular weight is 265 g/mol. The van der Waals surface area contributed by atoms with Crippen molar-refractivity contribution in [3.05, 3.63) is 29.8 Å². The van der Waals surface area contributed by atoms with Crippen molar-refractivity contribution in [2.45, 2.75) is 26.2 Å². The predicted molar refractivity (Wildman–Crippen MR) is 71.5 cm³/mol. The lowest BCUT2D eigenvalue weighted by atomic mass is 9.95. The van der Waals surface area contributed by atoms with E-state index in [2.05, 4.69) is 0 Å². The summed E-state index contributed by atoms with van der Waals surface area (Å²) >= 11 is 0. The molecule has 0 radical (unpaired) electrons. The number of carbonyl (C=O) groups excluding carboxylic acids is 2. The number of rotatable bonds is 6. The number of esters is 2. The maximum atomic E-state index is 11.9. The summed E-state index contributed by atoms with van der Waals surface area (Å²) in [5.41, 5.74) is 6.90. The van der Waals surface area contributed by atoms with Gasteiger partial charge in [-0.3, -0.25) is 9.59 Å². The summed E-state index contributed by atoms with van der Waals surface area (Å²) < 4.78 is 9.86. The van der Waals surface area contributed by atoms with Gasteiger partial charge in [0.05, 0.1) is 25.6 Å². The second kappa shape index (κ2) is 7.41. The minimum absolute atomic E-state index is 0.0312. The molecule has 0 aliphatic heterocycles. The van der Waals surface area contributed by atoms with E-state index in [9.17, 15) is 9.59 Å². The first-order chi connectivity index (χ1) is 9.08. The van der Waals surface area contributed by atoms with Crippen molar-refractivity contribution in [3.63, 3.8) is 0 Å². The first-order valence-corrected chi connectivity index (χ1v) is 6.26. The maximum Gasteiger partial charge on any atom is 0.313 e. The van der Waals surface area contributed by atoms with Gasteiger partial charge in [-0.15, -0.1) is 0 Å². The third-order valence-corrected chi connectivity index (χ3v) is 2.59. The zero-order chi connectivity index (χ0) is 14.3. The molecule has 0 bridgehead atoms. The molecule has 0 aliphatic rings. The van der Waals surface area contributed by atoms with Crippen LogP contribution in [-0.2, 0) is 19.1 Å². The molecule has 0 heterocycles. The summed E-state index contributed by atoms with van der Waals surface area (Å²) in [6.45, 7) is 4.01. The highest BCUT2D eigenvalue weighted by molar-refractivity contribution is 5.84. The Morgan fingerprint density at radius 1 is 1.11 bits per heavy atom. The Hall–Kier alpha value is -2.04. The van der Waals surface area contributed by atoms with Crippen LogP contribution < -0.4 is 5.73 Å². The first-order valence-electron chi connectivity index (χ1n) is 6.26. The van der Waals surface area contributed by atoms with Crippen molar-refractivity contribution in [1.29, 1.82) is 0 Å². The van der Waals surface area contributed by atoms with E-state index in [-0.39, 0.29) is 19.6 Å². The molecule has 1 rings (SSSR count). The van der Waals surface area contributed by atoms with Crippen molar-refractivity contribution in [2.75, 3.05) is 18.9 Å². The van der Waals surface area contributed by atoms with E-state index in [1.807, 2.05) is 0 Å². The molecule has 0 saturated heterocycles. The summed E-state index contributed by atoms with van der Waals surface area (Å²) in [6, 6.07) is 6.81. The molecule has 1 aromatic rings. The Balaban J connectivity index is 2.88. The maximum absolute atomic E-state index is 11.9. The molecule has 19 heavy (non-hydrogen) atoms. The second-order valence-corrected chi connectivity index (χ2v) is 3.98. The van der Waals surface area contributed by atoms with Crippen LogP contribution in [0.4, 0.5) is 5.69 Å². The van der Waals surface area contributed by atoms with Gasteiger partial charge in [-0.2, -0.15) is 0 Å². The van der Waals surface area contributed by atoms with Gasteiger partial charge in [-0.1, -0.05) is 12.1 Å². The second-order valence-electron chi connectivity index (χ2n) is 3.98. The average Bonchev–Trinajstić information content (AvgIpc) is 2.38. The summed E-state index contributed by atoms with van der Waals surface area (Å²) in [6.07, 6.45) is -0.0312. The van der Waals surface area contributed by atoms with Crippen molar-refractivity contribution in [3.8, 4) is 0 Å². The van der Waals surface area contributed by atoms with Crippen molar-refractivity contribution < 1.29 is 19.1 Å². The van der Waals surface area contributed by atoms with Gasteiger partial charge in [0.25, 0.3) is 0 Å². The van der Waals surface area contributed by atoms with Gasteiger partial charge in [0.2, 0.25) is 0 Å². The molecule has 1 unspecified atom stereocenters. The number of hydrogen-bond acceptors (Lipinski definition) is 5. The third kappa shape index (κ3) is 4.62. The zero-order valence-corrected chi connectivity index (χ0v) is 11.2. The molecule has 0 aromatic heterocycles. The van der Waals surface area contributed by atoms with E-state index in [1.165, 1.54) is 0 Å². The summed E-state index contributed by atoms with van der Waals surface area (Å²) in [7, 11) is 0. The normalized spacial score (nSPS) is 11.7. The number of ether oxygens (including phenoxy) is 2. The molecule has 1 aromatic carbocycles. The number of carbonyl (C=O) groups is 2. The standard InChI is InChI=1S/C14H19NO4/c1-3-18-13(16)9-12(14(17)19-4-2)10-5-7-11(15)8-6-10/h5-8,12H,3-4,9,15H2,1-2H3. The minimum Gasteiger partial charge on any atom is -0.466 e. The fourth-order valence-corrected chi connectivity index (χ4v) is 1.70. The number of nitrogens with two attached hydrogens (primary N) is 1. The number of anilines is 1.